The highest BCUT2D eigenvalue weighted by atomic mass is 16.6. The molecule has 1 aliphatic rings. The molecule has 0 bridgehead atoms. The van der Waals surface area contributed by atoms with E-state index in [1.807, 2.05) is 30.4 Å². The maximum Gasteiger partial charge on any atom is 0.273 e. The third-order valence-corrected chi connectivity index (χ3v) is 4.30. The van der Waals surface area contributed by atoms with E-state index in [0.29, 0.717) is 0 Å². The highest BCUT2D eigenvalue weighted by molar-refractivity contribution is 5.99. The van der Waals surface area contributed by atoms with Crippen LogP contribution < -0.4 is 0 Å². The summed E-state index contributed by atoms with van der Waals surface area (Å²) in [4.78, 5) is 0. The Morgan fingerprint density at radius 2 is 1.86 bits per heavy atom. The summed E-state index contributed by atoms with van der Waals surface area (Å²) in [6.45, 7) is 4.12. The summed E-state index contributed by atoms with van der Waals surface area (Å²) in [6, 6.07) is 14.5. The van der Waals surface area contributed by atoms with Crippen molar-refractivity contribution in [3.63, 3.8) is 0 Å². The lowest BCUT2D eigenvalue weighted by atomic mass is 9.88. The van der Waals surface area contributed by atoms with E-state index in [-0.39, 0.29) is 5.41 Å². The number of hydroxylamine groups is 1. The first kappa shape index (κ1) is 14.8. The van der Waals surface area contributed by atoms with E-state index in [1.54, 1.807) is 7.11 Å². The first-order valence-electron chi connectivity index (χ1n) is 7.54. The number of hydrogen-bond donors (Lipinski definition) is 0. The maximum absolute atomic E-state index is 12.3. The molecule has 0 spiro atoms. The smallest absolute Gasteiger partial charge is 0.273 e. The van der Waals surface area contributed by atoms with Gasteiger partial charge in [-0.05, 0) is 22.4 Å². The second-order valence-corrected chi connectivity index (χ2v) is 6.47. The number of methoxy groups -OCH3 is 1. The molecule has 0 fully saturated rings. The average molecular weight is 295 g/mol. The fourth-order valence-corrected chi connectivity index (χ4v) is 3.23. The molecule has 0 saturated carbocycles. The van der Waals surface area contributed by atoms with E-state index in [0.717, 1.165) is 22.4 Å². The predicted octanol–water partition coefficient (Wildman–Crippen LogP) is 4.21. The molecule has 3 rings (SSSR count). The van der Waals surface area contributed by atoms with Crippen LogP contribution in [0.5, 0.6) is 0 Å². The largest absolute Gasteiger partial charge is 0.622 e. The van der Waals surface area contributed by atoms with Gasteiger partial charge in [-0.25, -0.2) is 0 Å². The fraction of sp³-hybridized carbons (Fsp3) is 0.316. The Morgan fingerprint density at radius 1 is 1.14 bits per heavy atom. The average Bonchev–Trinajstić information content (AvgIpc) is 2.73. The van der Waals surface area contributed by atoms with Crippen molar-refractivity contribution in [1.29, 1.82) is 0 Å². The van der Waals surface area contributed by atoms with Gasteiger partial charge in [0.15, 0.2) is 5.71 Å². The third kappa shape index (κ3) is 2.53. The molecule has 2 aromatic carbocycles. The Labute approximate surface area is 131 Å². The van der Waals surface area contributed by atoms with Gasteiger partial charge >= 0.3 is 0 Å². The summed E-state index contributed by atoms with van der Waals surface area (Å²) in [6.07, 6.45) is 4.25. The lowest BCUT2D eigenvalue weighted by Gasteiger charge is -2.22. The summed E-state index contributed by atoms with van der Waals surface area (Å²) in [7, 11) is 1.59. The molecule has 0 amide bonds. The molecule has 1 heterocycles. The van der Waals surface area contributed by atoms with E-state index in [1.165, 1.54) is 10.8 Å². The van der Waals surface area contributed by atoms with Crippen molar-refractivity contribution >= 4 is 22.6 Å². The molecule has 0 saturated heterocycles. The minimum absolute atomic E-state index is 0.172. The number of hydrogen-bond acceptors (Lipinski definition) is 2. The van der Waals surface area contributed by atoms with E-state index in [9.17, 15) is 5.21 Å². The summed E-state index contributed by atoms with van der Waals surface area (Å²) >= 11 is 0. The summed E-state index contributed by atoms with van der Waals surface area (Å²) in [5.41, 5.74) is 1.72. The van der Waals surface area contributed by atoms with Gasteiger partial charge in [0.1, 0.15) is 0 Å². The van der Waals surface area contributed by atoms with Gasteiger partial charge < -0.3 is 9.94 Å². The molecule has 0 aliphatic carbocycles. The molecular weight excluding hydrogens is 274 g/mol. The molecule has 114 valence electrons. The highest BCUT2D eigenvalue weighted by Gasteiger charge is 2.45. The van der Waals surface area contributed by atoms with Crippen molar-refractivity contribution in [1.82, 2.24) is 0 Å². The van der Waals surface area contributed by atoms with Crippen LogP contribution in [0.25, 0.3) is 16.8 Å². The normalized spacial score (nSPS) is 21.1. The van der Waals surface area contributed by atoms with Gasteiger partial charge in [-0.15, -0.1) is 0 Å². The molecule has 1 unspecified atom stereocenters. The van der Waals surface area contributed by atoms with Crippen molar-refractivity contribution in [2.75, 3.05) is 7.11 Å². The summed E-state index contributed by atoms with van der Waals surface area (Å²) < 4.78 is 6.35. The highest BCUT2D eigenvalue weighted by Crippen LogP contribution is 2.34. The van der Waals surface area contributed by atoms with Crippen molar-refractivity contribution < 1.29 is 9.48 Å². The SMILES string of the molecule is COC1[N+]([O-])=C(/C=C/c2cccc3ccccc23)CC1(C)C. The topological polar surface area (TPSA) is 35.3 Å². The van der Waals surface area contributed by atoms with Gasteiger partial charge in [0.25, 0.3) is 6.23 Å². The molecule has 1 aliphatic heterocycles. The number of ether oxygens (including phenoxy) is 1. The van der Waals surface area contributed by atoms with Crippen LogP contribution in [0.4, 0.5) is 0 Å². The standard InChI is InChI=1S/C19H21NO2/c1-19(2)13-16(20(21)18(19)22-3)12-11-15-9-6-8-14-7-4-5-10-17(14)15/h4-12,18H,13H2,1-3H3/b12-11+. The van der Waals surface area contributed by atoms with Gasteiger partial charge in [-0.3, -0.25) is 0 Å². The van der Waals surface area contributed by atoms with Gasteiger partial charge in [-0.2, -0.15) is 4.74 Å². The zero-order chi connectivity index (χ0) is 15.7. The van der Waals surface area contributed by atoms with Gasteiger partial charge in [0.2, 0.25) is 0 Å². The fourth-order valence-electron chi connectivity index (χ4n) is 3.23. The minimum atomic E-state index is -0.417. The number of rotatable bonds is 3. The van der Waals surface area contributed by atoms with Gasteiger partial charge in [-0.1, -0.05) is 56.3 Å². The Hall–Kier alpha value is -2.13. The van der Waals surface area contributed by atoms with Gasteiger partial charge in [0.05, 0.1) is 5.41 Å². The first-order chi connectivity index (χ1) is 10.5. The van der Waals surface area contributed by atoms with Crippen LogP contribution in [0.3, 0.4) is 0 Å². The van der Waals surface area contributed by atoms with Crippen LogP contribution in [-0.2, 0) is 4.74 Å². The lowest BCUT2D eigenvalue weighted by molar-refractivity contribution is -0.561. The van der Waals surface area contributed by atoms with Crippen LogP contribution in [0.1, 0.15) is 25.8 Å². The van der Waals surface area contributed by atoms with Crippen molar-refractivity contribution in [2.24, 2.45) is 5.41 Å². The number of allylic oxidation sites excluding steroid dienone is 1. The number of nitrogens with zero attached hydrogens (tertiary/aromatic N) is 1. The van der Waals surface area contributed by atoms with Crippen molar-refractivity contribution in [3.05, 3.63) is 59.3 Å². The maximum atomic E-state index is 12.3. The molecule has 3 nitrogen and oxygen atoms in total. The second kappa shape index (κ2) is 5.58. The molecule has 2 aromatic rings. The minimum Gasteiger partial charge on any atom is -0.622 e. The molecule has 0 N–H and O–H groups in total. The Morgan fingerprint density at radius 3 is 2.59 bits per heavy atom. The van der Waals surface area contributed by atoms with Crippen LogP contribution in [0.15, 0.2) is 48.5 Å². The van der Waals surface area contributed by atoms with Crippen LogP contribution in [-0.4, -0.2) is 23.8 Å². The first-order valence-corrected chi connectivity index (χ1v) is 7.54. The van der Waals surface area contributed by atoms with E-state index in [4.69, 9.17) is 4.74 Å². The predicted molar refractivity (Wildman–Crippen MR) is 90.8 cm³/mol. The number of benzene rings is 2. The lowest BCUT2D eigenvalue weighted by Crippen LogP contribution is -2.32. The van der Waals surface area contributed by atoms with E-state index in [2.05, 4.69) is 38.1 Å². The molecule has 22 heavy (non-hydrogen) atoms. The molecular formula is C19H21NO2. The van der Waals surface area contributed by atoms with Crippen LogP contribution in [0.2, 0.25) is 0 Å². The van der Waals surface area contributed by atoms with Crippen molar-refractivity contribution in [3.8, 4) is 0 Å². The Balaban J connectivity index is 1.96. The van der Waals surface area contributed by atoms with Crippen molar-refractivity contribution in [2.45, 2.75) is 26.5 Å². The second-order valence-electron chi connectivity index (χ2n) is 6.47. The summed E-state index contributed by atoms with van der Waals surface area (Å²) in [5, 5.41) is 14.7. The summed E-state index contributed by atoms with van der Waals surface area (Å²) in [5.74, 6) is 0. The van der Waals surface area contributed by atoms with Crippen LogP contribution >= 0.6 is 0 Å². The van der Waals surface area contributed by atoms with E-state index >= 15 is 0 Å². The Bertz CT molecular complexity index is 754. The Kier molecular flexibility index (Phi) is 3.75. The molecule has 3 heteroatoms. The zero-order valence-electron chi connectivity index (χ0n) is 13.2. The quantitative estimate of drug-likeness (QED) is 0.628. The third-order valence-electron chi connectivity index (χ3n) is 4.30. The van der Waals surface area contributed by atoms with E-state index < -0.39 is 6.23 Å². The number of fused-ring (bicyclic) bond motifs is 1. The molecule has 0 aromatic heterocycles. The molecule has 0 radical (unpaired) electrons. The zero-order valence-corrected chi connectivity index (χ0v) is 13.2. The van der Waals surface area contributed by atoms with Crippen LogP contribution in [0, 0.1) is 10.6 Å². The van der Waals surface area contributed by atoms with Gasteiger partial charge in [0, 0.05) is 19.6 Å². The molecule has 1 atom stereocenters. The monoisotopic (exact) mass is 295 g/mol.